The third-order valence-electron chi connectivity index (χ3n) is 22.8. The van der Waals surface area contributed by atoms with Gasteiger partial charge in [0.1, 0.15) is 60.4 Å². The second-order valence-electron chi connectivity index (χ2n) is 33.4. The largest absolute Gasteiger partial charge is 0.481 e. The van der Waals surface area contributed by atoms with Crippen molar-refractivity contribution in [1.82, 2.24) is 91.2 Å². The van der Waals surface area contributed by atoms with Crippen LogP contribution in [0.5, 0.6) is 0 Å². The van der Waals surface area contributed by atoms with Crippen LogP contribution < -0.4 is 70.0 Å². The Bertz CT molecular complexity index is 5200. The zero-order chi connectivity index (χ0) is 97.2. The molecule has 0 aliphatic carbocycles. The molecule has 4 fully saturated rings. The SMILES string of the molecule is CC[C@@H]1NC(=O)[C@H]([C@@H](C)O)NC(=O)[C@@H](CC(=O)[C@H](C)NC(=O)CN(C)C(=O)CCN)CSCCS(=O)(=O)N2CCN3CCN(CC2)S(=O)(=O)CCSC[C@H](NC1=O)C(=O)N[C@@H](Cc1c[nH]c2ccccc12)C(=O)N[C@@H](C(C)C)C(=O)N[C@@H](CC(=O)O)C(=O)NCC(=O)N[C@@H](Cc1c[nH]c2ccccc12)C(=O)N[C@@H](C(C)C)C(=O)N1CCC[C@H]1C(=O)N[C@H](C(N)=O)CSCCS3(=O)=O. The van der Waals surface area contributed by atoms with Gasteiger partial charge in [-0.2, -0.15) is 48.2 Å². The summed E-state index contributed by atoms with van der Waals surface area (Å²) in [6.45, 7) is 5.18. The highest BCUT2D eigenvalue weighted by molar-refractivity contribution is 8.01. The van der Waals surface area contributed by atoms with Gasteiger partial charge in [-0.05, 0) is 68.2 Å². The van der Waals surface area contributed by atoms with E-state index in [1.54, 1.807) is 68.6 Å². The Labute approximate surface area is 778 Å². The minimum atomic E-state index is -4.62. The average Bonchev–Trinajstić information content (AvgIpc) is 1.63. The van der Waals surface area contributed by atoms with E-state index in [1.807, 2.05) is 0 Å². The predicted molar refractivity (Wildman–Crippen MR) is 492 cm³/mol. The molecule has 6 heterocycles. The number of nitrogens with zero attached hydrogens (tertiary/aromatic N) is 5. The second-order valence-corrected chi connectivity index (χ2v) is 43.1. The number of ketones is 1. The fourth-order valence-electron chi connectivity index (χ4n) is 15.1. The van der Waals surface area contributed by atoms with Crippen molar-refractivity contribution in [2.45, 2.75) is 172 Å². The number of carbonyl (C=O) groups is 16. The van der Waals surface area contributed by atoms with E-state index < -0.39 is 321 Å². The lowest BCUT2D eigenvalue weighted by atomic mass is 9.98. The van der Waals surface area contributed by atoms with Crippen LogP contribution >= 0.6 is 35.3 Å². The number of aromatic amines is 2. The van der Waals surface area contributed by atoms with Crippen LogP contribution in [-0.4, -0.2) is 359 Å². The van der Waals surface area contributed by atoms with E-state index in [1.165, 1.54) is 45.8 Å². The Morgan fingerprint density at radius 2 is 1.02 bits per heavy atom. The van der Waals surface area contributed by atoms with E-state index in [9.17, 15) is 103 Å². The lowest BCUT2D eigenvalue weighted by Gasteiger charge is -2.32. The number of aliphatic hydroxyl groups is 1. The van der Waals surface area contributed by atoms with E-state index in [0.717, 1.165) is 60.0 Å². The number of aromatic nitrogens is 2. The Hall–Kier alpha value is -10.1. The minimum absolute atomic E-state index is 0.0115. The number of thioether (sulfide) groups is 3. The summed E-state index contributed by atoms with van der Waals surface area (Å²) in [4.78, 5) is 236. The van der Waals surface area contributed by atoms with Crippen LogP contribution in [0.4, 0.5) is 0 Å². The number of rotatable bonds is 19. The molecular weight excluding hydrogens is 1840 g/mol. The molecule has 50 heteroatoms. The van der Waals surface area contributed by atoms with Crippen LogP contribution in [0, 0.1) is 17.8 Å². The highest BCUT2D eigenvalue weighted by Crippen LogP contribution is 2.27. The number of aliphatic carboxylic acids is 1. The van der Waals surface area contributed by atoms with Crippen LogP contribution in [0.1, 0.15) is 98.1 Å². The Morgan fingerprint density at radius 3 is 1.53 bits per heavy atom. The number of carboxylic acid groups (broad SMARTS) is 1. The molecule has 0 radical (unpaired) electrons. The molecule has 19 N–H and O–H groups in total. The van der Waals surface area contributed by atoms with Crippen molar-refractivity contribution in [2.75, 3.05) is 124 Å². The van der Waals surface area contributed by atoms with Crippen LogP contribution in [0.3, 0.4) is 0 Å². The number of aliphatic hydroxyl groups excluding tert-OH is 1. The number of Topliss-reactive ketones (excluding diaryl/α,β-unsaturated/α-hetero) is 1. The monoisotopic (exact) mass is 1960 g/mol. The number of H-pyrrole nitrogens is 2. The van der Waals surface area contributed by atoms with Crippen molar-refractivity contribution in [2.24, 2.45) is 29.2 Å². The summed E-state index contributed by atoms with van der Waals surface area (Å²) >= 11 is 2.46. The molecule has 14 amide bonds. The van der Waals surface area contributed by atoms with Crippen LogP contribution in [0.2, 0.25) is 0 Å². The zero-order valence-electron chi connectivity index (χ0n) is 74.7. The van der Waals surface area contributed by atoms with Crippen molar-refractivity contribution in [3.05, 3.63) is 72.1 Å². The molecule has 4 bridgehead atoms. The fraction of sp³-hybridized carbons (Fsp3) is 0.610. The molecule has 0 spiro atoms. The maximum Gasteiger partial charge on any atom is 0.305 e. The van der Waals surface area contributed by atoms with E-state index in [2.05, 4.69) is 68.5 Å². The first-order valence-electron chi connectivity index (χ1n) is 43.4. The molecule has 4 aliphatic rings. The second kappa shape index (κ2) is 49.8. The number of nitrogens with one attached hydrogen (secondary N) is 13. The van der Waals surface area contributed by atoms with Crippen LogP contribution in [-0.2, 0) is 120 Å². The summed E-state index contributed by atoms with van der Waals surface area (Å²) in [6.07, 6.45) is -1.13. The van der Waals surface area contributed by atoms with Gasteiger partial charge in [-0.3, -0.25) is 76.7 Å². The first kappa shape index (κ1) is 107. The maximum absolute atomic E-state index is 15.4. The maximum atomic E-state index is 15.4. The summed E-state index contributed by atoms with van der Waals surface area (Å²) in [5.74, 6) is -23.9. The molecule has 2 aromatic carbocycles. The van der Waals surface area contributed by atoms with E-state index in [0.29, 0.717) is 32.9 Å². The number of sulfonamides is 3. The van der Waals surface area contributed by atoms with Gasteiger partial charge in [0, 0.05) is 154 Å². The minimum Gasteiger partial charge on any atom is -0.481 e. The van der Waals surface area contributed by atoms with Crippen molar-refractivity contribution in [1.29, 1.82) is 0 Å². The van der Waals surface area contributed by atoms with Crippen molar-refractivity contribution in [3.8, 4) is 0 Å². The molecule has 8 rings (SSSR count). The van der Waals surface area contributed by atoms with E-state index in [4.69, 9.17) is 11.5 Å². The first-order valence-corrected chi connectivity index (χ1v) is 51.6. The number of carboxylic acids is 1. The normalized spacial score (nSPS) is 27.1. The number of benzene rings is 2. The summed E-state index contributed by atoms with van der Waals surface area (Å²) in [5, 5.41) is 50.5. The number of hydrogen-bond donors (Lipinski definition) is 17. The van der Waals surface area contributed by atoms with Crippen molar-refractivity contribution < 1.29 is 112 Å². The summed E-state index contributed by atoms with van der Waals surface area (Å²) < 4.78 is 91.6. The highest BCUT2D eigenvalue weighted by Gasteiger charge is 2.44. The molecule has 16 atom stereocenters. The summed E-state index contributed by atoms with van der Waals surface area (Å²) in [6, 6.07) is -4.01. The molecule has 4 saturated heterocycles. The summed E-state index contributed by atoms with van der Waals surface area (Å²) in [5.41, 5.74) is 13.5. The number of primary amides is 1. The van der Waals surface area contributed by atoms with Gasteiger partial charge in [0.2, 0.25) is 113 Å². The molecule has 2 aromatic heterocycles. The van der Waals surface area contributed by atoms with Crippen molar-refractivity contribution >= 4 is 182 Å². The van der Waals surface area contributed by atoms with Gasteiger partial charge in [0.15, 0.2) is 5.78 Å². The molecule has 44 nitrogen and oxygen atoms in total. The standard InChI is InChI=1S/C82H122N20O24S6/c1-9-55-75(113)94-62-45-129-31-34-132(125,126)101-26-24-99(130(121,122)32-29-127-43-52(73(111)97-71(49(7)103)81(119)90-55)37-64(104)48(6)88-66(106)42-98(8)67(107)20-21-83)23-25-100(27-28-101)131(123,124)33-30-128-44-61(72(84)110)93-79(117)63-19-14-22-102(63)82(120)70(47(4)5)96-76(114)58(35-50-39-85-56-17-12-10-15-53(50)56)89-65(105)41-87-74(112)60(38-68(108)109)92-80(118)69(46(2)3)95-77(115)59(91-78(62)116)36-51-40-86-57-18-13-11-16-54(51)57/h10-13,15-18,39-40,46-49,52,55,58-63,69-71,85-86,103H,9,14,19-38,41-45,83H2,1-8H3,(H2,84,110)(H,87,112)(H,88,106)(H,89,105)(H,90,119)(H,91,116)(H,92,118)(H,93,117)(H,94,113)(H,95,115)(H,96,114)(H,97,111)(H,108,109)/t48-,49+,52-,55-,58-,59-,60-,61-,62-,63-,69-,70-,71-/m0/s1. The quantitative estimate of drug-likeness (QED) is 0.0418. The van der Waals surface area contributed by atoms with Crippen LogP contribution in [0.15, 0.2) is 60.9 Å². The molecule has 730 valence electrons. The van der Waals surface area contributed by atoms with Gasteiger partial charge >= 0.3 is 5.97 Å². The Kier molecular flexibility index (Phi) is 40.5. The first-order chi connectivity index (χ1) is 62.3. The van der Waals surface area contributed by atoms with Gasteiger partial charge in [-0.1, -0.05) is 71.0 Å². The lowest BCUT2D eigenvalue weighted by Crippen LogP contribution is -2.61. The number of likely N-dealkylation sites (N-methyl/N-ethyl adjacent to an activating group) is 1. The molecule has 0 saturated carbocycles. The molecule has 132 heavy (non-hydrogen) atoms. The summed E-state index contributed by atoms with van der Waals surface area (Å²) in [7, 11) is -12.4. The number of carbonyl (C=O) groups excluding carboxylic acids is 15. The van der Waals surface area contributed by atoms with Gasteiger partial charge in [-0.25, -0.2) is 25.3 Å². The number of amides is 14. The molecular formula is C82H122N20O24S6. The third-order valence-corrected chi connectivity index (χ3v) is 32.4. The smallest absolute Gasteiger partial charge is 0.305 e. The lowest BCUT2D eigenvalue weighted by molar-refractivity contribution is -0.143. The number of para-hydroxylation sites is 2. The van der Waals surface area contributed by atoms with E-state index in [-0.39, 0.29) is 62.5 Å². The van der Waals surface area contributed by atoms with Gasteiger partial charge in [0.25, 0.3) is 0 Å². The third kappa shape index (κ3) is 30.7. The zero-order valence-corrected chi connectivity index (χ0v) is 79.6. The Morgan fingerprint density at radius 1 is 0.545 bits per heavy atom. The van der Waals surface area contributed by atoms with Crippen molar-refractivity contribution in [3.63, 3.8) is 0 Å². The number of nitrogens with two attached hydrogens (primary N) is 2. The topological polar surface area (TPSA) is 648 Å². The fourth-order valence-corrected chi connectivity index (χ4v) is 24.0. The molecule has 3 unspecified atom stereocenters. The van der Waals surface area contributed by atoms with Crippen LogP contribution in [0.25, 0.3) is 21.8 Å². The number of fused-ring (bicyclic) bond motifs is 12. The Balaban J connectivity index is 1.19. The molecule has 4 aliphatic heterocycles. The number of hydrogen-bond acceptors (Lipinski definition) is 27. The van der Waals surface area contributed by atoms with Gasteiger partial charge in [-0.15, -0.1) is 0 Å². The average molecular weight is 1960 g/mol. The van der Waals surface area contributed by atoms with Gasteiger partial charge < -0.3 is 99.9 Å². The highest BCUT2D eigenvalue weighted by atomic mass is 32.2. The predicted octanol–water partition coefficient (Wildman–Crippen LogP) is -5.01. The van der Waals surface area contributed by atoms with E-state index >= 15 is 9.59 Å². The molecule has 4 aromatic rings. The van der Waals surface area contributed by atoms with Gasteiger partial charge in [0.05, 0.1) is 54.8 Å².